The summed E-state index contributed by atoms with van der Waals surface area (Å²) in [5, 5.41) is 46.1. The van der Waals surface area contributed by atoms with E-state index < -0.39 is 30.7 Å². The smallest absolute Gasteiger partial charge is 0.139 e. The highest BCUT2D eigenvalue weighted by molar-refractivity contribution is 5.51. The van der Waals surface area contributed by atoms with Crippen LogP contribution in [0.4, 0.5) is 0 Å². The minimum atomic E-state index is -1.64. The molecule has 0 radical (unpaired) electrons. The standard InChI is InChI=1S/C12H16O5/c13-7-10(15)12(17)11(16)9(14)6-8-4-2-1-3-5-8/h1-6,10-17H,7H2/t10-,11+,12+/m1/s1. The van der Waals surface area contributed by atoms with E-state index in [2.05, 4.69) is 0 Å². The molecule has 0 saturated heterocycles. The summed E-state index contributed by atoms with van der Waals surface area (Å²) in [5.41, 5.74) is 0.648. The average molecular weight is 240 g/mol. The van der Waals surface area contributed by atoms with Crippen LogP contribution in [0.25, 0.3) is 6.08 Å². The number of hydrogen-bond donors (Lipinski definition) is 5. The molecule has 0 aliphatic carbocycles. The van der Waals surface area contributed by atoms with Crippen LogP contribution >= 0.6 is 0 Å². The molecular weight excluding hydrogens is 224 g/mol. The number of hydrogen-bond acceptors (Lipinski definition) is 5. The van der Waals surface area contributed by atoms with E-state index in [1.54, 1.807) is 30.3 Å². The zero-order valence-electron chi connectivity index (χ0n) is 9.14. The highest BCUT2D eigenvalue weighted by atomic mass is 16.4. The van der Waals surface area contributed by atoms with E-state index in [0.29, 0.717) is 5.56 Å². The molecule has 0 heterocycles. The van der Waals surface area contributed by atoms with Crippen LogP contribution in [-0.2, 0) is 0 Å². The van der Waals surface area contributed by atoms with Crippen LogP contribution in [0, 0.1) is 0 Å². The van der Waals surface area contributed by atoms with Gasteiger partial charge in [-0.1, -0.05) is 30.3 Å². The molecule has 0 saturated carbocycles. The number of rotatable bonds is 5. The molecule has 0 aromatic heterocycles. The van der Waals surface area contributed by atoms with Gasteiger partial charge >= 0.3 is 0 Å². The van der Waals surface area contributed by atoms with Crippen molar-refractivity contribution in [3.63, 3.8) is 0 Å². The van der Waals surface area contributed by atoms with Crippen LogP contribution in [-0.4, -0.2) is 50.5 Å². The summed E-state index contributed by atoms with van der Waals surface area (Å²) >= 11 is 0. The predicted octanol–water partition coefficient (Wildman–Crippen LogP) is -0.340. The summed E-state index contributed by atoms with van der Waals surface area (Å²) in [5.74, 6) is -0.476. The van der Waals surface area contributed by atoms with Gasteiger partial charge in [0, 0.05) is 0 Å². The summed E-state index contributed by atoms with van der Waals surface area (Å²) in [6.07, 6.45) is -3.51. The molecule has 0 fully saturated rings. The molecule has 0 aliphatic rings. The Morgan fingerprint density at radius 3 is 2.24 bits per heavy atom. The molecule has 17 heavy (non-hydrogen) atoms. The molecule has 0 bridgehead atoms. The highest BCUT2D eigenvalue weighted by Gasteiger charge is 2.26. The lowest BCUT2D eigenvalue weighted by atomic mass is 10.1. The van der Waals surface area contributed by atoms with E-state index in [9.17, 15) is 15.3 Å². The second kappa shape index (κ2) is 6.36. The third-order valence-corrected chi connectivity index (χ3v) is 2.32. The topological polar surface area (TPSA) is 101 Å². The molecule has 0 unspecified atom stereocenters. The van der Waals surface area contributed by atoms with Crippen LogP contribution in [0.2, 0.25) is 0 Å². The molecule has 94 valence electrons. The van der Waals surface area contributed by atoms with Gasteiger partial charge in [-0.2, -0.15) is 0 Å². The van der Waals surface area contributed by atoms with E-state index in [4.69, 9.17) is 10.2 Å². The monoisotopic (exact) mass is 240 g/mol. The van der Waals surface area contributed by atoms with Crippen LogP contribution in [0.5, 0.6) is 0 Å². The van der Waals surface area contributed by atoms with Gasteiger partial charge in [0.05, 0.1) is 6.61 Å². The van der Waals surface area contributed by atoms with E-state index in [0.717, 1.165) is 0 Å². The molecule has 1 aromatic rings. The second-order valence-electron chi connectivity index (χ2n) is 3.67. The molecule has 5 heteroatoms. The Labute approximate surface area is 98.9 Å². The average Bonchev–Trinajstić information content (AvgIpc) is 2.37. The van der Waals surface area contributed by atoms with E-state index in [1.807, 2.05) is 0 Å². The first kappa shape index (κ1) is 13.7. The summed E-state index contributed by atoms with van der Waals surface area (Å²) in [4.78, 5) is 0. The van der Waals surface area contributed by atoms with Crippen molar-refractivity contribution in [3.8, 4) is 0 Å². The van der Waals surface area contributed by atoms with E-state index >= 15 is 0 Å². The number of benzene rings is 1. The van der Waals surface area contributed by atoms with Crippen molar-refractivity contribution in [1.29, 1.82) is 0 Å². The summed E-state index contributed by atoms with van der Waals surface area (Å²) in [6, 6.07) is 8.72. The van der Waals surface area contributed by atoms with Gasteiger partial charge in [-0.25, -0.2) is 0 Å². The lowest BCUT2D eigenvalue weighted by molar-refractivity contribution is -0.0735. The first-order valence-corrected chi connectivity index (χ1v) is 5.17. The Kier molecular flexibility index (Phi) is 5.11. The zero-order chi connectivity index (χ0) is 12.8. The third kappa shape index (κ3) is 3.83. The van der Waals surface area contributed by atoms with E-state index in [-0.39, 0.29) is 0 Å². The molecular formula is C12H16O5. The lowest BCUT2D eigenvalue weighted by Crippen LogP contribution is -2.40. The fraction of sp³-hybridized carbons (Fsp3) is 0.333. The quantitative estimate of drug-likeness (QED) is 0.453. The van der Waals surface area contributed by atoms with Crippen molar-refractivity contribution in [2.75, 3.05) is 6.61 Å². The highest BCUT2D eigenvalue weighted by Crippen LogP contribution is 2.12. The SMILES string of the molecule is OC[C@@H](O)[C@H](O)[C@@H](O)C(O)=Cc1ccccc1. The van der Waals surface area contributed by atoms with Crippen molar-refractivity contribution >= 4 is 6.08 Å². The Hall–Kier alpha value is -1.40. The van der Waals surface area contributed by atoms with Crippen molar-refractivity contribution in [3.05, 3.63) is 41.7 Å². The molecule has 0 aliphatic heterocycles. The van der Waals surface area contributed by atoms with Crippen molar-refractivity contribution in [1.82, 2.24) is 0 Å². The predicted molar refractivity (Wildman–Crippen MR) is 62.2 cm³/mol. The van der Waals surface area contributed by atoms with Gasteiger partial charge in [0.15, 0.2) is 0 Å². The zero-order valence-corrected chi connectivity index (χ0v) is 9.14. The molecule has 0 amide bonds. The maximum atomic E-state index is 9.54. The van der Waals surface area contributed by atoms with Crippen molar-refractivity contribution in [2.45, 2.75) is 18.3 Å². The van der Waals surface area contributed by atoms with Gasteiger partial charge in [-0.05, 0) is 11.6 Å². The maximum Gasteiger partial charge on any atom is 0.139 e. The first-order valence-electron chi connectivity index (χ1n) is 5.17. The molecule has 1 aromatic carbocycles. The van der Waals surface area contributed by atoms with Crippen LogP contribution in [0.3, 0.4) is 0 Å². The third-order valence-electron chi connectivity index (χ3n) is 2.32. The maximum absolute atomic E-state index is 9.54. The minimum Gasteiger partial charge on any atom is -0.509 e. The molecule has 0 spiro atoms. The van der Waals surface area contributed by atoms with Gasteiger partial charge in [0.25, 0.3) is 0 Å². The Bertz CT molecular complexity index is 362. The van der Waals surface area contributed by atoms with Crippen molar-refractivity contribution in [2.24, 2.45) is 0 Å². The summed E-state index contributed by atoms with van der Waals surface area (Å²) in [6.45, 7) is -0.698. The summed E-state index contributed by atoms with van der Waals surface area (Å²) in [7, 11) is 0. The van der Waals surface area contributed by atoms with Gasteiger partial charge < -0.3 is 25.5 Å². The fourth-order valence-corrected chi connectivity index (χ4v) is 1.30. The van der Waals surface area contributed by atoms with Crippen LogP contribution in [0.1, 0.15) is 5.56 Å². The molecule has 5 N–H and O–H groups in total. The lowest BCUT2D eigenvalue weighted by Gasteiger charge is -2.20. The van der Waals surface area contributed by atoms with E-state index in [1.165, 1.54) is 6.08 Å². The van der Waals surface area contributed by atoms with Gasteiger partial charge in [0.2, 0.25) is 0 Å². The van der Waals surface area contributed by atoms with Crippen LogP contribution in [0.15, 0.2) is 36.1 Å². The Morgan fingerprint density at radius 1 is 1.12 bits per heavy atom. The van der Waals surface area contributed by atoms with Gasteiger partial charge in [-0.15, -0.1) is 0 Å². The normalized spacial score (nSPS) is 17.5. The molecule has 5 nitrogen and oxygen atoms in total. The summed E-state index contributed by atoms with van der Waals surface area (Å²) < 4.78 is 0. The molecule has 3 atom stereocenters. The molecule has 1 rings (SSSR count). The Balaban J connectivity index is 2.76. The number of aliphatic hydroxyl groups is 5. The van der Waals surface area contributed by atoms with Crippen molar-refractivity contribution < 1.29 is 25.5 Å². The Morgan fingerprint density at radius 2 is 1.71 bits per heavy atom. The number of aliphatic hydroxyl groups excluding tert-OH is 5. The fourth-order valence-electron chi connectivity index (χ4n) is 1.30. The van der Waals surface area contributed by atoms with Gasteiger partial charge in [0.1, 0.15) is 24.1 Å². The van der Waals surface area contributed by atoms with Crippen LogP contribution < -0.4 is 0 Å². The van der Waals surface area contributed by atoms with Gasteiger partial charge in [-0.3, -0.25) is 0 Å². The second-order valence-corrected chi connectivity index (χ2v) is 3.67. The minimum absolute atomic E-state index is 0.476. The first-order chi connectivity index (χ1) is 8.06. The largest absolute Gasteiger partial charge is 0.509 e.